The molecule has 2 aliphatic rings. The van der Waals surface area contributed by atoms with Crippen LogP contribution in [0.5, 0.6) is 0 Å². The van der Waals surface area contributed by atoms with Gasteiger partial charge in [0.1, 0.15) is 5.60 Å². The van der Waals surface area contributed by atoms with Crippen molar-refractivity contribution in [1.29, 1.82) is 0 Å². The molecule has 1 aliphatic carbocycles. The first-order valence-electron chi connectivity index (χ1n) is 10.3. The first kappa shape index (κ1) is 17.5. The van der Waals surface area contributed by atoms with Gasteiger partial charge in [-0.25, -0.2) is 0 Å². The normalized spacial score (nSPS) is 22.0. The number of hydrogen-bond donors (Lipinski definition) is 1. The SMILES string of the molecule is C[C@@]1(c2nc3c(c(-c4ccccc4)c2-c2nn[nH]n2)CCCCC3)CCCO1. The smallest absolute Gasteiger partial charge is 0.207 e. The molecular formula is C22H25N5O. The molecule has 1 atom stereocenters. The topological polar surface area (TPSA) is 76.6 Å². The molecule has 1 aliphatic heterocycles. The Kier molecular flexibility index (Phi) is 4.43. The third-order valence-corrected chi connectivity index (χ3v) is 6.08. The van der Waals surface area contributed by atoms with Crippen molar-refractivity contribution in [3.05, 3.63) is 47.3 Å². The molecule has 1 N–H and O–H groups in total. The van der Waals surface area contributed by atoms with Gasteiger partial charge in [-0.2, -0.15) is 5.21 Å². The Morgan fingerprint density at radius 2 is 1.86 bits per heavy atom. The first-order chi connectivity index (χ1) is 13.8. The van der Waals surface area contributed by atoms with E-state index >= 15 is 0 Å². The summed E-state index contributed by atoms with van der Waals surface area (Å²) in [7, 11) is 0. The van der Waals surface area contributed by atoms with E-state index in [-0.39, 0.29) is 0 Å². The molecule has 0 amide bonds. The van der Waals surface area contributed by atoms with Crippen LogP contribution in [0.2, 0.25) is 0 Å². The number of tetrazole rings is 1. The van der Waals surface area contributed by atoms with Crippen molar-refractivity contribution in [3.8, 4) is 22.5 Å². The molecule has 28 heavy (non-hydrogen) atoms. The second-order valence-corrected chi connectivity index (χ2v) is 7.98. The third kappa shape index (κ3) is 2.92. The van der Waals surface area contributed by atoms with E-state index in [2.05, 4.69) is 57.9 Å². The number of benzene rings is 1. The number of hydrogen-bond acceptors (Lipinski definition) is 5. The van der Waals surface area contributed by atoms with Gasteiger partial charge in [-0.05, 0) is 67.4 Å². The lowest BCUT2D eigenvalue weighted by Gasteiger charge is -2.28. The monoisotopic (exact) mass is 375 g/mol. The number of nitrogens with zero attached hydrogens (tertiary/aromatic N) is 4. The maximum absolute atomic E-state index is 6.23. The van der Waals surface area contributed by atoms with Crippen LogP contribution in [-0.4, -0.2) is 32.2 Å². The van der Waals surface area contributed by atoms with Crippen molar-refractivity contribution >= 4 is 0 Å². The van der Waals surface area contributed by atoms with Gasteiger partial charge in [0.05, 0.1) is 11.3 Å². The van der Waals surface area contributed by atoms with Gasteiger partial charge in [-0.1, -0.05) is 36.8 Å². The van der Waals surface area contributed by atoms with E-state index in [9.17, 15) is 0 Å². The van der Waals surface area contributed by atoms with E-state index in [1.165, 1.54) is 41.6 Å². The Morgan fingerprint density at radius 3 is 2.61 bits per heavy atom. The summed E-state index contributed by atoms with van der Waals surface area (Å²) in [6.45, 7) is 2.92. The van der Waals surface area contributed by atoms with Crippen molar-refractivity contribution in [2.45, 2.75) is 57.5 Å². The molecule has 6 heteroatoms. The van der Waals surface area contributed by atoms with Gasteiger partial charge in [0.25, 0.3) is 0 Å². The third-order valence-electron chi connectivity index (χ3n) is 6.08. The molecule has 3 aromatic rings. The Labute approximate surface area is 164 Å². The molecule has 1 fully saturated rings. The molecule has 0 unspecified atom stereocenters. The number of H-pyrrole nitrogens is 1. The summed E-state index contributed by atoms with van der Waals surface area (Å²) in [5, 5.41) is 15.2. The van der Waals surface area contributed by atoms with Crippen molar-refractivity contribution in [2.24, 2.45) is 0 Å². The second kappa shape index (κ2) is 7.09. The minimum Gasteiger partial charge on any atom is -0.369 e. The zero-order chi connectivity index (χ0) is 19.0. The number of nitrogens with one attached hydrogen (secondary N) is 1. The van der Waals surface area contributed by atoms with Crippen LogP contribution in [0.1, 0.15) is 56.0 Å². The summed E-state index contributed by atoms with van der Waals surface area (Å²) in [6.07, 6.45) is 7.67. The zero-order valence-corrected chi connectivity index (χ0v) is 16.2. The number of fused-ring (bicyclic) bond motifs is 1. The average Bonchev–Trinajstić information content (AvgIpc) is 3.35. The molecule has 2 aromatic heterocycles. The van der Waals surface area contributed by atoms with E-state index in [1.54, 1.807) is 0 Å². The fourth-order valence-corrected chi connectivity index (χ4v) is 4.68. The van der Waals surface area contributed by atoms with Gasteiger partial charge in [0.15, 0.2) is 0 Å². The average molecular weight is 375 g/mol. The molecule has 0 saturated carbocycles. The van der Waals surface area contributed by atoms with E-state index < -0.39 is 5.60 Å². The Hall–Kier alpha value is -2.60. The van der Waals surface area contributed by atoms with Crippen molar-refractivity contribution in [3.63, 3.8) is 0 Å². The van der Waals surface area contributed by atoms with Crippen LogP contribution < -0.4 is 0 Å². The fourth-order valence-electron chi connectivity index (χ4n) is 4.68. The van der Waals surface area contributed by atoms with Crippen LogP contribution in [0.15, 0.2) is 30.3 Å². The number of aromatic nitrogens is 5. The number of rotatable bonds is 3. The molecule has 5 rings (SSSR count). The molecule has 0 bridgehead atoms. The molecule has 1 saturated heterocycles. The van der Waals surface area contributed by atoms with Crippen molar-refractivity contribution in [1.82, 2.24) is 25.6 Å². The second-order valence-electron chi connectivity index (χ2n) is 7.98. The lowest BCUT2D eigenvalue weighted by atomic mass is 9.84. The van der Waals surface area contributed by atoms with Gasteiger partial charge in [0.2, 0.25) is 5.82 Å². The van der Waals surface area contributed by atoms with Gasteiger partial charge in [-0.15, -0.1) is 10.2 Å². The zero-order valence-electron chi connectivity index (χ0n) is 16.2. The fraction of sp³-hybridized carbons (Fsp3) is 0.455. The summed E-state index contributed by atoms with van der Waals surface area (Å²) >= 11 is 0. The van der Waals surface area contributed by atoms with Gasteiger partial charge in [0, 0.05) is 12.3 Å². The number of pyridine rings is 1. The molecule has 6 nitrogen and oxygen atoms in total. The lowest BCUT2D eigenvalue weighted by Crippen LogP contribution is -2.25. The molecule has 0 radical (unpaired) electrons. The highest BCUT2D eigenvalue weighted by atomic mass is 16.5. The van der Waals surface area contributed by atoms with E-state index in [0.29, 0.717) is 5.82 Å². The molecule has 0 spiro atoms. The highest BCUT2D eigenvalue weighted by Gasteiger charge is 2.39. The standard InChI is InChI=1S/C22H25N5O/c1-22(13-8-14-28-22)20-19(21-24-26-27-25-21)18(15-9-4-2-5-10-15)16-11-6-3-7-12-17(16)23-20/h2,4-5,9-10H,3,6-8,11-14H2,1H3,(H,24,25,26,27)/t22-/m0/s1. The van der Waals surface area contributed by atoms with Crippen LogP contribution in [0.3, 0.4) is 0 Å². The summed E-state index contributed by atoms with van der Waals surface area (Å²) in [5.74, 6) is 0.602. The summed E-state index contributed by atoms with van der Waals surface area (Å²) < 4.78 is 6.23. The number of aryl methyl sites for hydroxylation is 1. The predicted molar refractivity (Wildman–Crippen MR) is 107 cm³/mol. The quantitative estimate of drug-likeness (QED) is 0.694. The van der Waals surface area contributed by atoms with Crippen LogP contribution in [-0.2, 0) is 23.2 Å². The largest absolute Gasteiger partial charge is 0.369 e. The van der Waals surface area contributed by atoms with Crippen molar-refractivity contribution in [2.75, 3.05) is 6.61 Å². The van der Waals surface area contributed by atoms with E-state index in [4.69, 9.17) is 9.72 Å². The van der Waals surface area contributed by atoms with Crippen LogP contribution >= 0.6 is 0 Å². The highest BCUT2D eigenvalue weighted by molar-refractivity contribution is 5.85. The minimum absolute atomic E-state index is 0.416. The number of ether oxygens (including phenoxy) is 1. The Bertz CT molecular complexity index is 962. The first-order valence-corrected chi connectivity index (χ1v) is 10.3. The minimum atomic E-state index is -0.416. The van der Waals surface area contributed by atoms with Gasteiger partial charge >= 0.3 is 0 Å². The van der Waals surface area contributed by atoms with Crippen LogP contribution in [0.4, 0.5) is 0 Å². The van der Waals surface area contributed by atoms with Gasteiger partial charge < -0.3 is 4.74 Å². The molecule has 1 aromatic carbocycles. The Morgan fingerprint density at radius 1 is 1.00 bits per heavy atom. The van der Waals surface area contributed by atoms with E-state index in [1.807, 2.05) is 0 Å². The summed E-state index contributed by atoms with van der Waals surface area (Å²) in [6, 6.07) is 10.6. The maximum Gasteiger partial charge on any atom is 0.207 e. The van der Waals surface area contributed by atoms with E-state index in [0.717, 1.165) is 43.5 Å². The maximum atomic E-state index is 6.23. The molecular weight excluding hydrogens is 350 g/mol. The highest BCUT2D eigenvalue weighted by Crippen LogP contribution is 2.45. The molecule has 3 heterocycles. The summed E-state index contributed by atoms with van der Waals surface area (Å²) in [4.78, 5) is 5.22. The number of aromatic amines is 1. The summed E-state index contributed by atoms with van der Waals surface area (Å²) in [5.41, 5.74) is 6.48. The van der Waals surface area contributed by atoms with Crippen molar-refractivity contribution < 1.29 is 4.74 Å². The molecule has 144 valence electrons. The predicted octanol–water partition coefficient (Wildman–Crippen LogP) is 4.22. The van der Waals surface area contributed by atoms with Crippen LogP contribution in [0.25, 0.3) is 22.5 Å². The lowest BCUT2D eigenvalue weighted by molar-refractivity contribution is 0.0136. The van der Waals surface area contributed by atoms with Crippen LogP contribution in [0, 0.1) is 0 Å². The Balaban J connectivity index is 1.86. The van der Waals surface area contributed by atoms with Gasteiger partial charge in [-0.3, -0.25) is 4.98 Å².